The highest BCUT2D eigenvalue weighted by molar-refractivity contribution is 6.33. The summed E-state index contributed by atoms with van der Waals surface area (Å²) in [6, 6.07) is 1.66. The maximum atomic E-state index is 12.4. The summed E-state index contributed by atoms with van der Waals surface area (Å²) in [7, 11) is 1.82. The molecule has 6 heteroatoms. The topological polar surface area (TPSA) is 51.0 Å². The van der Waals surface area contributed by atoms with E-state index >= 15 is 0 Å². The zero-order valence-electron chi connectivity index (χ0n) is 11.9. The molecule has 0 saturated heterocycles. The Labute approximate surface area is 128 Å². The van der Waals surface area contributed by atoms with Crippen LogP contribution >= 0.6 is 11.6 Å². The summed E-state index contributed by atoms with van der Waals surface area (Å²) in [5.74, 6) is 1.49. The number of pyridine rings is 1. The fraction of sp³-hybridized carbons (Fsp3) is 0.400. The van der Waals surface area contributed by atoms with Crippen LogP contribution in [0.5, 0.6) is 0 Å². The number of amides is 1. The van der Waals surface area contributed by atoms with Crippen molar-refractivity contribution in [1.82, 2.24) is 19.4 Å². The molecule has 3 heterocycles. The van der Waals surface area contributed by atoms with Gasteiger partial charge in [0.1, 0.15) is 5.82 Å². The van der Waals surface area contributed by atoms with E-state index in [2.05, 4.69) is 14.5 Å². The monoisotopic (exact) mass is 304 g/mol. The summed E-state index contributed by atoms with van der Waals surface area (Å²) in [5.41, 5.74) is 0.506. The first-order valence-corrected chi connectivity index (χ1v) is 7.38. The van der Waals surface area contributed by atoms with E-state index in [1.165, 1.54) is 6.20 Å². The van der Waals surface area contributed by atoms with Crippen LogP contribution in [0.25, 0.3) is 0 Å². The van der Waals surface area contributed by atoms with Gasteiger partial charge in [-0.2, -0.15) is 0 Å². The fourth-order valence-electron chi connectivity index (χ4n) is 2.80. The van der Waals surface area contributed by atoms with E-state index < -0.39 is 0 Å². The molecule has 0 N–H and O–H groups in total. The minimum Gasteiger partial charge on any atom is -0.341 e. The molecule has 1 aliphatic heterocycles. The van der Waals surface area contributed by atoms with E-state index in [1.54, 1.807) is 17.2 Å². The molecule has 1 amide bonds. The molecule has 1 aliphatic rings. The van der Waals surface area contributed by atoms with Gasteiger partial charge in [0.05, 0.1) is 10.6 Å². The highest BCUT2D eigenvalue weighted by Crippen LogP contribution is 2.21. The van der Waals surface area contributed by atoms with Crippen LogP contribution < -0.4 is 0 Å². The molecule has 2 aromatic heterocycles. The number of carbonyl (C=O) groups is 1. The second-order valence-corrected chi connectivity index (χ2v) is 5.84. The summed E-state index contributed by atoms with van der Waals surface area (Å²) in [6.45, 7) is 1.68. The van der Waals surface area contributed by atoms with Gasteiger partial charge in [-0.25, -0.2) is 4.98 Å². The van der Waals surface area contributed by atoms with Gasteiger partial charge in [0.2, 0.25) is 0 Å². The Morgan fingerprint density at radius 2 is 2.38 bits per heavy atom. The SMILES string of the molecule is CN(C[C@H]1CCn2ccnc2C1)C(=O)c1ccncc1Cl. The molecular formula is C15H17ClN4O. The van der Waals surface area contributed by atoms with Crippen LogP contribution in [0.1, 0.15) is 22.6 Å². The molecule has 5 nitrogen and oxygen atoms in total. The molecule has 0 aliphatic carbocycles. The van der Waals surface area contributed by atoms with Gasteiger partial charge in [-0.15, -0.1) is 0 Å². The van der Waals surface area contributed by atoms with E-state index in [9.17, 15) is 4.79 Å². The molecule has 1 atom stereocenters. The number of aryl methyl sites for hydroxylation is 1. The molecule has 0 spiro atoms. The molecule has 21 heavy (non-hydrogen) atoms. The zero-order valence-corrected chi connectivity index (χ0v) is 12.6. The lowest BCUT2D eigenvalue weighted by Crippen LogP contribution is -2.35. The second kappa shape index (κ2) is 5.85. The van der Waals surface area contributed by atoms with Crippen molar-refractivity contribution in [2.24, 2.45) is 5.92 Å². The summed E-state index contributed by atoms with van der Waals surface area (Å²) in [6.07, 6.45) is 8.91. The molecule has 0 saturated carbocycles. The Morgan fingerprint density at radius 3 is 3.19 bits per heavy atom. The molecular weight excluding hydrogens is 288 g/mol. The van der Waals surface area contributed by atoms with E-state index in [1.807, 2.05) is 19.4 Å². The van der Waals surface area contributed by atoms with Crippen molar-refractivity contribution in [2.75, 3.05) is 13.6 Å². The van der Waals surface area contributed by atoms with Gasteiger partial charge in [0, 0.05) is 51.3 Å². The highest BCUT2D eigenvalue weighted by Gasteiger charge is 2.23. The van der Waals surface area contributed by atoms with Crippen molar-refractivity contribution in [2.45, 2.75) is 19.4 Å². The number of halogens is 1. The van der Waals surface area contributed by atoms with E-state index in [-0.39, 0.29) is 5.91 Å². The lowest BCUT2D eigenvalue weighted by Gasteiger charge is -2.28. The first kappa shape index (κ1) is 14.1. The number of carbonyl (C=O) groups excluding carboxylic acids is 1. The maximum absolute atomic E-state index is 12.4. The normalized spacial score (nSPS) is 17.3. The Morgan fingerprint density at radius 1 is 1.52 bits per heavy atom. The number of hydrogen-bond acceptors (Lipinski definition) is 3. The third-order valence-electron chi connectivity index (χ3n) is 3.93. The Kier molecular flexibility index (Phi) is 3.92. The number of imidazole rings is 1. The summed E-state index contributed by atoms with van der Waals surface area (Å²) < 4.78 is 2.18. The Hall–Kier alpha value is -1.88. The van der Waals surface area contributed by atoms with E-state index in [4.69, 9.17) is 11.6 Å². The predicted molar refractivity (Wildman–Crippen MR) is 80.2 cm³/mol. The maximum Gasteiger partial charge on any atom is 0.255 e. The van der Waals surface area contributed by atoms with Gasteiger partial charge in [-0.05, 0) is 18.4 Å². The van der Waals surface area contributed by atoms with Crippen molar-refractivity contribution in [3.8, 4) is 0 Å². The van der Waals surface area contributed by atoms with Crippen LogP contribution in [0.2, 0.25) is 5.02 Å². The first-order chi connectivity index (χ1) is 10.1. The molecule has 0 unspecified atom stereocenters. The average molecular weight is 305 g/mol. The van der Waals surface area contributed by atoms with Crippen LogP contribution in [-0.4, -0.2) is 38.9 Å². The third-order valence-corrected chi connectivity index (χ3v) is 4.23. The van der Waals surface area contributed by atoms with Crippen molar-refractivity contribution in [3.63, 3.8) is 0 Å². The third kappa shape index (κ3) is 2.93. The zero-order chi connectivity index (χ0) is 14.8. The Bertz CT molecular complexity index is 655. The molecule has 110 valence electrons. The summed E-state index contributed by atoms with van der Waals surface area (Å²) in [4.78, 5) is 22.4. The quantitative estimate of drug-likeness (QED) is 0.874. The summed E-state index contributed by atoms with van der Waals surface area (Å²) in [5, 5.41) is 0.397. The Balaban J connectivity index is 1.66. The van der Waals surface area contributed by atoms with Crippen molar-refractivity contribution >= 4 is 17.5 Å². The second-order valence-electron chi connectivity index (χ2n) is 5.44. The van der Waals surface area contributed by atoms with Crippen LogP contribution in [0, 0.1) is 5.92 Å². The van der Waals surface area contributed by atoms with Gasteiger partial charge < -0.3 is 9.47 Å². The lowest BCUT2D eigenvalue weighted by molar-refractivity contribution is 0.0764. The minimum atomic E-state index is -0.0590. The van der Waals surface area contributed by atoms with Gasteiger partial charge in [-0.3, -0.25) is 9.78 Å². The number of fused-ring (bicyclic) bond motifs is 1. The molecule has 0 bridgehead atoms. The standard InChI is InChI=1S/C15H17ClN4O/c1-19(15(21)12-2-4-17-9-13(12)16)10-11-3-6-20-7-5-18-14(20)8-11/h2,4-5,7,9,11H,3,6,8,10H2,1H3/t11-/m0/s1. The smallest absolute Gasteiger partial charge is 0.255 e. The predicted octanol–water partition coefficient (Wildman–Crippen LogP) is 2.27. The number of rotatable bonds is 3. The van der Waals surface area contributed by atoms with Crippen LogP contribution in [0.4, 0.5) is 0 Å². The molecule has 0 aromatic carbocycles. The molecule has 2 aromatic rings. The van der Waals surface area contributed by atoms with Crippen molar-refractivity contribution in [1.29, 1.82) is 0 Å². The van der Waals surface area contributed by atoms with Gasteiger partial charge in [0.25, 0.3) is 5.91 Å². The van der Waals surface area contributed by atoms with Gasteiger partial charge in [0.15, 0.2) is 0 Å². The van der Waals surface area contributed by atoms with Gasteiger partial charge >= 0.3 is 0 Å². The number of hydrogen-bond donors (Lipinski definition) is 0. The number of aromatic nitrogens is 3. The lowest BCUT2D eigenvalue weighted by atomic mass is 9.97. The molecule has 3 rings (SSSR count). The van der Waals surface area contributed by atoms with Crippen LogP contribution in [0.3, 0.4) is 0 Å². The summed E-state index contributed by atoms with van der Waals surface area (Å²) >= 11 is 6.03. The van der Waals surface area contributed by atoms with Crippen LogP contribution in [0.15, 0.2) is 30.9 Å². The van der Waals surface area contributed by atoms with Gasteiger partial charge in [-0.1, -0.05) is 11.6 Å². The van der Waals surface area contributed by atoms with E-state index in [0.717, 1.165) is 25.2 Å². The largest absolute Gasteiger partial charge is 0.341 e. The van der Waals surface area contributed by atoms with E-state index in [0.29, 0.717) is 23.0 Å². The fourth-order valence-corrected chi connectivity index (χ4v) is 3.00. The average Bonchev–Trinajstić information content (AvgIpc) is 2.94. The molecule has 0 radical (unpaired) electrons. The highest BCUT2D eigenvalue weighted by atomic mass is 35.5. The first-order valence-electron chi connectivity index (χ1n) is 7.00. The number of nitrogens with zero attached hydrogens (tertiary/aromatic N) is 4. The van der Waals surface area contributed by atoms with Crippen LogP contribution in [-0.2, 0) is 13.0 Å². The van der Waals surface area contributed by atoms with Crippen molar-refractivity contribution in [3.05, 3.63) is 47.3 Å². The van der Waals surface area contributed by atoms with Crippen molar-refractivity contribution < 1.29 is 4.79 Å². The molecule has 0 fully saturated rings. The minimum absolute atomic E-state index is 0.0590.